The highest BCUT2D eigenvalue weighted by Crippen LogP contribution is 2.41. The van der Waals surface area contributed by atoms with Gasteiger partial charge in [0.2, 0.25) is 11.9 Å². The summed E-state index contributed by atoms with van der Waals surface area (Å²) in [6.07, 6.45) is 5.98. The fourth-order valence-electron chi connectivity index (χ4n) is 5.87. The Balaban J connectivity index is 1.33. The van der Waals surface area contributed by atoms with E-state index in [0.717, 1.165) is 84.4 Å². The first-order valence-electron chi connectivity index (χ1n) is 13.0. The molecule has 2 aromatic heterocycles. The van der Waals surface area contributed by atoms with E-state index in [-0.39, 0.29) is 11.8 Å². The SMILES string of the molecule is C=CC(=O)N1CCN(c2nc(N3CC(N(C)C)C3)nc3c2CCC(c2c(Cl)ccc4[nH]ncc24)C3)CC1. The molecule has 3 aromatic rings. The van der Waals surface area contributed by atoms with Gasteiger partial charge in [-0.1, -0.05) is 18.2 Å². The van der Waals surface area contributed by atoms with Gasteiger partial charge in [0.15, 0.2) is 0 Å². The highest BCUT2D eigenvalue weighted by atomic mass is 35.5. The predicted octanol–water partition coefficient (Wildman–Crippen LogP) is 2.86. The molecule has 37 heavy (non-hydrogen) atoms. The van der Waals surface area contributed by atoms with Crippen molar-refractivity contribution in [3.05, 3.63) is 52.8 Å². The summed E-state index contributed by atoms with van der Waals surface area (Å²) in [6.45, 7) is 8.35. The van der Waals surface area contributed by atoms with E-state index in [1.807, 2.05) is 23.2 Å². The average Bonchev–Trinajstić information content (AvgIpc) is 3.35. The number of rotatable bonds is 5. The Morgan fingerprint density at radius 1 is 1.16 bits per heavy atom. The molecule has 0 saturated carbocycles. The van der Waals surface area contributed by atoms with Gasteiger partial charge in [0.25, 0.3) is 0 Å². The molecule has 10 heteroatoms. The van der Waals surface area contributed by atoms with E-state index in [2.05, 4.69) is 45.6 Å². The highest BCUT2D eigenvalue weighted by molar-refractivity contribution is 6.32. The molecule has 9 nitrogen and oxygen atoms in total. The third-order valence-corrected chi connectivity index (χ3v) is 8.53. The van der Waals surface area contributed by atoms with E-state index in [1.54, 1.807) is 0 Å². The van der Waals surface area contributed by atoms with Gasteiger partial charge < -0.3 is 19.6 Å². The van der Waals surface area contributed by atoms with Gasteiger partial charge in [-0.3, -0.25) is 9.89 Å². The zero-order valence-electron chi connectivity index (χ0n) is 21.5. The standard InChI is InChI=1S/C27H33ClN8O/c1-4-24(37)34-9-11-35(12-10-34)26-19-6-5-17(25-20-14-29-32-22(20)8-7-21(25)28)13-23(19)30-27(31-26)36-15-18(16-36)33(2)3/h4,7-8,14,17-18H,1,5-6,9-13,15-16H2,2-3H3,(H,29,32). The van der Waals surface area contributed by atoms with Crippen molar-refractivity contribution in [2.75, 3.05) is 63.2 Å². The maximum atomic E-state index is 12.1. The maximum absolute atomic E-state index is 12.1. The lowest BCUT2D eigenvalue weighted by molar-refractivity contribution is -0.126. The molecule has 1 N–H and O–H groups in total. The number of amides is 1. The van der Waals surface area contributed by atoms with Gasteiger partial charge in [0.05, 0.1) is 17.4 Å². The van der Waals surface area contributed by atoms with E-state index >= 15 is 0 Å². The third kappa shape index (κ3) is 4.34. The van der Waals surface area contributed by atoms with Gasteiger partial charge in [-0.25, -0.2) is 4.98 Å². The normalized spacial score (nSPS) is 20.3. The topological polar surface area (TPSA) is 84.5 Å². The lowest BCUT2D eigenvalue weighted by Crippen LogP contribution is -2.58. The number of benzene rings is 1. The molecule has 0 bridgehead atoms. The first-order valence-corrected chi connectivity index (χ1v) is 13.4. The number of fused-ring (bicyclic) bond motifs is 2. The number of halogens is 1. The van der Waals surface area contributed by atoms with Crippen LogP contribution in [0.2, 0.25) is 5.02 Å². The van der Waals surface area contributed by atoms with E-state index in [9.17, 15) is 4.79 Å². The Hall–Kier alpha value is -3.17. The summed E-state index contributed by atoms with van der Waals surface area (Å²) >= 11 is 6.75. The molecule has 3 aliphatic rings. The summed E-state index contributed by atoms with van der Waals surface area (Å²) in [5.41, 5.74) is 4.53. The molecular weight excluding hydrogens is 488 g/mol. The minimum Gasteiger partial charge on any atom is -0.353 e. The van der Waals surface area contributed by atoms with Gasteiger partial charge in [0.1, 0.15) is 5.82 Å². The number of likely N-dealkylation sites (N-methyl/N-ethyl adjacent to an activating group) is 1. The number of aromatic amines is 1. The van der Waals surface area contributed by atoms with Gasteiger partial charge in [0, 0.05) is 61.3 Å². The van der Waals surface area contributed by atoms with Crippen LogP contribution in [0.4, 0.5) is 11.8 Å². The number of aromatic nitrogens is 4. The summed E-state index contributed by atoms with van der Waals surface area (Å²) in [5, 5.41) is 9.22. The van der Waals surface area contributed by atoms with Crippen LogP contribution in [0.3, 0.4) is 0 Å². The number of hydrogen-bond acceptors (Lipinski definition) is 7. The second kappa shape index (κ2) is 9.61. The van der Waals surface area contributed by atoms with Crippen LogP contribution in [-0.4, -0.2) is 95.3 Å². The van der Waals surface area contributed by atoms with Crippen molar-refractivity contribution < 1.29 is 4.79 Å². The summed E-state index contributed by atoms with van der Waals surface area (Å²) in [5.74, 6) is 2.10. The average molecular weight is 521 g/mol. The van der Waals surface area contributed by atoms with Crippen LogP contribution in [0.1, 0.15) is 29.2 Å². The van der Waals surface area contributed by atoms with Crippen molar-refractivity contribution >= 4 is 40.2 Å². The zero-order valence-corrected chi connectivity index (χ0v) is 22.2. The number of anilines is 2. The Morgan fingerprint density at radius 2 is 1.95 bits per heavy atom. The van der Waals surface area contributed by atoms with Crippen molar-refractivity contribution in [3.8, 4) is 0 Å². The number of piperazine rings is 1. The fraction of sp³-hybridized carbons (Fsp3) is 0.481. The van der Waals surface area contributed by atoms with E-state index in [0.29, 0.717) is 19.1 Å². The van der Waals surface area contributed by atoms with Crippen LogP contribution in [0.15, 0.2) is 31.0 Å². The molecule has 194 valence electrons. The molecular formula is C27H33ClN8O. The Bertz CT molecular complexity index is 1340. The summed E-state index contributed by atoms with van der Waals surface area (Å²) in [6, 6.07) is 4.47. The van der Waals surface area contributed by atoms with Gasteiger partial charge in [-0.05, 0) is 63.0 Å². The Labute approximate surface area is 222 Å². The number of carbonyl (C=O) groups is 1. The number of H-pyrrole nitrogens is 1. The van der Waals surface area contributed by atoms with Gasteiger partial charge >= 0.3 is 0 Å². The second-order valence-electron chi connectivity index (χ2n) is 10.5. The van der Waals surface area contributed by atoms with E-state index < -0.39 is 0 Å². The monoisotopic (exact) mass is 520 g/mol. The molecule has 0 spiro atoms. The smallest absolute Gasteiger partial charge is 0.246 e. The molecule has 0 radical (unpaired) electrons. The lowest BCUT2D eigenvalue weighted by atomic mass is 9.81. The number of nitrogens with one attached hydrogen (secondary N) is 1. The van der Waals surface area contributed by atoms with Crippen molar-refractivity contribution in [2.24, 2.45) is 0 Å². The minimum absolute atomic E-state index is 0.00601. The molecule has 6 rings (SSSR count). The molecule has 2 saturated heterocycles. The second-order valence-corrected chi connectivity index (χ2v) is 11.0. The molecule has 2 fully saturated rings. The predicted molar refractivity (Wildman–Crippen MR) is 147 cm³/mol. The molecule has 1 amide bonds. The van der Waals surface area contributed by atoms with Crippen LogP contribution in [0, 0.1) is 0 Å². The maximum Gasteiger partial charge on any atom is 0.246 e. The van der Waals surface area contributed by atoms with Crippen LogP contribution >= 0.6 is 11.6 Å². The summed E-state index contributed by atoms with van der Waals surface area (Å²) in [7, 11) is 4.24. The highest BCUT2D eigenvalue weighted by Gasteiger charge is 2.35. The summed E-state index contributed by atoms with van der Waals surface area (Å²) < 4.78 is 0. The van der Waals surface area contributed by atoms with Crippen molar-refractivity contribution in [1.82, 2.24) is 30.0 Å². The van der Waals surface area contributed by atoms with Gasteiger partial charge in [-0.15, -0.1) is 0 Å². The molecule has 2 aliphatic heterocycles. The van der Waals surface area contributed by atoms with Gasteiger partial charge in [-0.2, -0.15) is 10.1 Å². The molecule has 4 heterocycles. The number of hydrogen-bond donors (Lipinski definition) is 1. The Kier molecular flexibility index (Phi) is 6.28. The third-order valence-electron chi connectivity index (χ3n) is 8.20. The van der Waals surface area contributed by atoms with Crippen molar-refractivity contribution in [2.45, 2.75) is 31.2 Å². The molecule has 1 aromatic carbocycles. The first kappa shape index (κ1) is 24.2. The van der Waals surface area contributed by atoms with Crippen LogP contribution in [-0.2, 0) is 17.6 Å². The van der Waals surface area contributed by atoms with Crippen LogP contribution in [0.5, 0.6) is 0 Å². The van der Waals surface area contributed by atoms with Crippen LogP contribution < -0.4 is 9.80 Å². The van der Waals surface area contributed by atoms with Crippen molar-refractivity contribution in [3.63, 3.8) is 0 Å². The molecule has 1 aliphatic carbocycles. The zero-order chi connectivity index (χ0) is 25.7. The van der Waals surface area contributed by atoms with Crippen molar-refractivity contribution in [1.29, 1.82) is 0 Å². The fourth-order valence-corrected chi connectivity index (χ4v) is 6.19. The lowest BCUT2D eigenvalue weighted by Gasteiger charge is -2.44. The first-order chi connectivity index (χ1) is 17.9. The van der Waals surface area contributed by atoms with E-state index in [1.165, 1.54) is 11.6 Å². The summed E-state index contributed by atoms with van der Waals surface area (Å²) in [4.78, 5) is 31.1. The Morgan fingerprint density at radius 3 is 2.68 bits per heavy atom. The number of carbonyl (C=O) groups excluding carboxylic acids is 1. The van der Waals surface area contributed by atoms with Crippen LogP contribution in [0.25, 0.3) is 10.9 Å². The minimum atomic E-state index is -0.00601. The largest absolute Gasteiger partial charge is 0.353 e. The molecule has 1 unspecified atom stereocenters. The van der Waals surface area contributed by atoms with E-state index in [4.69, 9.17) is 21.6 Å². The quantitative estimate of drug-likeness (QED) is 0.518. The molecule has 1 atom stereocenters. The number of nitrogens with zero attached hydrogens (tertiary/aromatic N) is 7.